The van der Waals surface area contributed by atoms with E-state index in [1.54, 1.807) is 0 Å². The van der Waals surface area contributed by atoms with Gasteiger partial charge in [-0.3, -0.25) is 0 Å². The summed E-state index contributed by atoms with van der Waals surface area (Å²) in [6.45, 7) is -0.0230. The quantitative estimate of drug-likeness (QED) is 0.852. The Balaban J connectivity index is 2.11. The number of ether oxygens (including phenoxy) is 1. The van der Waals surface area contributed by atoms with Crippen molar-refractivity contribution in [2.75, 3.05) is 5.73 Å². The number of benzene rings is 2. The minimum Gasteiger partial charge on any atom is -0.487 e. The third kappa shape index (κ3) is 2.74. The van der Waals surface area contributed by atoms with Gasteiger partial charge in [0.2, 0.25) is 0 Å². The first-order valence-electron chi connectivity index (χ1n) is 5.18. The molecule has 2 N–H and O–H groups in total. The van der Waals surface area contributed by atoms with Gasteiger partial charge in [0.1, 0.15) is 18.2 Å². The number of rotatable bonds is 3. The van der Waals surface area contributed by atoms with Gasteiger partial charge < -0.3 is 10.5 Å². The number of anilines is 1. The maximum absolute atomic E-state index is 12.9. The molecule has 0 saturated heterocycles. The molecule has 2 nitrogen and oxygen atoms in total. The van der Waals surface area contributed by atoms with Crippen LogP contribution in [0.2, 0.25) is 0 Å². The van der Waals surface area contributed by atoms with E-state index in [1.165, 1.54) is 18.2 Å². The summed E-state index contributed by atoms with van der Waals surface area (Å²) < 4.78 is 43.8. The Bertz CT molecular complexity index is 572. The van der Waals surface area contributed by atoms with Crippen molar-refractivity contribution < 1.29 is 17.9 Å². The highest BCUT2D eigenvalue weighted by atomic mass is 19.2. The molecule has 0 aliphatic carbocycles. The van der Waals surface area contributed by atoms with Gasteiger partial charge >= 0.3 is 0 Å². The highest BCUT2D eigenvalue weighted by molar-refractivity contribution is 5.52. The van der Waals surface area contributed by atoms with Gasteiger partial charge in [0, 0.05) is 6.07 Å². The first kappa shape index (κ1) is 12.3. The summed E-state index contributed by atoms with van der Waals surface area (Å²) in [4.78, 5) is 0. The van der Waals surface area contributed by atoms with Gasteiger partial charge in [-0.25, -0.2) is 13.2 Å². The summed E-state index contributed by atoms with van der Waals surface area (Å²) >= 11 is 0. The molecule has 0 unspecified atom stereocenters. The van der Waals surface area contributed by atoms with Crippen LogP contribution in [0.15, 0.2) is 36.4 Å². The molecule has 0 heterocycles. The van der Waals surface area contributed by atoms with Gasteiger partial charge in [0.25, 0.3) is 0 Å². The molecule has 2 aromatic carbocycles. The summed E-state index contributed by atoms with van der Waals surface area (Å²) in [5.74, 6) is -2.20. The molecule has 0 amide bonds. The predicted molar refractivity (Wildman–Crippen MR) is 61.5 cm³/mol. The smallest absolute Gasteiger partial charge is 0.159 e. The van der Waals surface area contributed by atoms with Crippen LogP contribution in [0.3, 0.4) is 0 Å². The van der Waals surface area contributed by atoms with Gasteiger partial charge in [-0.05, 0) is 29.8 Å². The van der Waals surface area contributed by atoms with E-state index >= 15 is 0 Å². The highest BCUT2D eigenvalue weighted by Gasteiger charge is 2.05. The van der Waals surface area contributed by atoms with E-state index in [0.29, 0.717) is 5.56 Å². The molecule has 0 radical (unpaired) electrons. The van der Waals surface area contributed by atoms with Gasteiger partial charge in [-0.2, -0.15) is 0 Å². The second kappa shape index (κ2) is 5.00. The van der Waals surface area contributed by atoms with Crippen LogP contribution in [-0.2, 0) is 6.61 Å². The molecule has 2 rings (SSSR count). The lowest BCUT2D eigenvalue weighted by Crippen LogP contribution is -2.00. The van der Waals surface area contributed by atoms with Gasteiger partial charge in [-0.15, -0.1) is 0 Å². The molecular formula is C13H10F3NO. The van der Waals surface area contributed by atoms with Crippen molar-refractivity contribution in [1.29, 1.82) is 0 Å². The summed E-state index contributed by atoms with van der Waals surface area (Å²) in [7, 11) is 0. The molecule has 0 spiro atoms. The van der Waals surface area contributed by atoms with E-state index in [0.717, 1.165) is 18.2 Å². The highest BCUT2D eigenvalue weighted by Crippen LogP contribution is 2.23. The minimum atomic E-state index is -0.955. The number of hydrogen-bond donors (Lipinski definition) is 1. The van der Waals surface area contributed by atoms with Crippen molar-refractivity contribution in [3.63, 3.8) is 0 Å². The zero-order valence-electron chi connectivity index (χ0n) is 9.29. The van der Waals surface area contributed by atoms with E-state index in [-0.39, 0.29) is 18.0 Å². The van der Waals surface area contributed by atoms with E-state index in [4.69, 9.17) is 10.5 Å². The lowest BCUT2D eigenvalue weighted by molar-refractivity contribution is 0.305. The van der Waals surface area contributed by atoms with Crippen molar-refractivity contribution in [2.45, 2.75) is 6.61 Å². The lowest BCUT2D eigenvalue weighted by Gasteiger charge is -2.09. The van der Waals surface area contributed by atoms with E-state index in [2.05, 4.69) is 0 Å². The normalized spacial score (nSPS) is 10.4. The topological polar surface area (TPSA) is 35.2 Å². The van der Waals surface area contributed by atoms with Crippen molar-refractivity contribution in [3.05, 3.63) is 59.4 Å². The Labute approximate surface area is 102 Å². The van der Waals surface area contributed by atoms with Crippen LogP contribution in [0, 0.1) is 17.5 Å². The Morgan fingerprint density at radius 3 is 2.44 bits per heavy atom. The first-order valence-corrected chi connectivity index (χ1v) is 5.18. The summed E-state index contributed by atoms with van der Waals surface area (Å²) in [5, 5.41) is 0. The maximum Gasteiger partial charge on any atom is 0.159 e. The van der Waals surface area contributed by atoms with Gasteiger partial charge in [0.15, 0.2) is 11.6 Å². The van der Waals surface area contributed by atoms with Crippen molar-refractivity contribution in [3.8, 4) is 5.75 Å². The van der Waals surface area contributed by atoms with E-state index < -0.39 is 17.5 Å². The van der Waals surface area contributed by atoms with E-state index in [1.807, 2.05) is 0 Å². The SMILES string of the molecule is Nc1ccc(F)cc1OCc1ccc(F)c(F)c1. The van der Waals surface area contributed by atoms with Gasteiger partial charge in [-0.1, -0.05) is 6.07 Å². The molecule has 0 aromatic heterocycles. The fourth-order valence-electron chi connectivity index (χ4n) is 1.42. The summed E-state index contributed by atoms with van der Waals surface area (Å²) in [5.41, 5.74) is 6.29. The average molecular weight is 253 g/mol. The van der Waals surface area contributed by atoms with Crippen molar-refractivity contribution in [1.82, 2.24) is 0 Å². The lowest BCUT2D eigenvalue weighted by atomic mass is 10.2. The molecule has 2 aromatic rings. The molecule has 0 bridgehead atoms. The van der Waals surface area contributed by atoms with Crippen LogP contribution in [0.25, 0.3) is 0 Å². The van der Waals surface area contributed by atoms with Crippen LogP contribution in [0.1, 0.15) is 5.56 Å². The van der Waals surface area contributed by atoms with Crippen LogP contribution in [0.5, 0.6) is 5.75 Å². The van der Waals surface area contributed by atoms with Crippen LogP contribution in [-0.4, -0.2) is 0 Å². The Kier molecular flexibility index (Phi) is 3.41. The molecule has 0 fully saturated rings. The number of nitrogen functional groups attached to an aromatic ring is 1. The molecule has 94 valence electrons. The molecule has 18 heavy (non-hydrogen) atoms. The molecule has 5 heteroatoms. The third-order valence-corrected chi connectivity index (χ3v) is 2.35. The predicted octanol–water partition coefficient (Wildman–Crippen LogP) is 3.27. The Morgan fingerprint density at radius 2 is 1.72 bits per heavy atom. The van der Waals surface area contributed by atoms with Crippen LogP contribution < -0.4 is 10.5 Å². The monoisotopic (exact) mass is 253 g/mol. The number of nitrogens with two attached hydrogens (primary N) is 1. The second-order valence-corrected chi connectivity index (χ2v) is 3.72. The van der Waals surface area contributed by atoms with Crippen molar-refractivity contribution in [2.24, 2.45) is 0 Å². The number of hydrogen-bond acceptors (Lipinski definition) is 2. The van der Waals surface area contributed by atoms with E-state index in [9.17, 15) is 13.2 Å². The second-order valence-electron chi connectivity index (χ2n) is 3.72. The molecule has 0 aliphatic rings. The number of halogens is 3. The summed E-state index contributed by atoms with van der Waals surface area (Å²) in [6.07, 6.45) is 0. The molecule has 0 aliphatic heterocycles. The third-order valence-electron chi connectivity index (χ3n) is 2.35. The fraction of sp³-hybridized carbons (Fsp3) is 0.0769. The van der Waals surface area contributed by atoms with Gasteiger partial charge in [0.05, 0.1) is 5.69 Å². The Morgan fingerprint density at radius 1 is 0.944 bits per heavy atom. The minimum absolute atomic E-state index is 0.0230. The molecule has 0 saturated carbocycles. The average Bonchev–Trinajstić information content (AvgIpc) is 2.34. The zero-order valence-corrected chi connectivity index (χ0v) is 9.29. The largest absolute Gasteiger partial charge is 0.487 e. The molecule has 0 atom stereocenters. The first-order chi connectivity index (χ1) is 8.56. The standard InChI is InChI=1S/C13H10F3NO/c14-9-2-4-12(17)13(6-9)18-7-8-1-3-10(15)11(16)5-8/h1-6H,7,17H2. The fourth-order valence-corrected chi connectivity index (χ4v) is 1.42. The van der Waals surface area contributed by atoms with Crippen molar-refractivity contribution >= 4 is 5.69 Å². The Hall–Kier alpha value is -2.17. The molecular weight excluding hydrogens is 243 g/mol. The maximum atomic E-state index is 12.9. The zero-order chi connectivity index (χ0) is 13.1. The summed E-state index contributed by atoms with van der Waals surface area (Å²) in [6, 6.07) is 7.12. The van der Waals surface area contributed by atoms with Crippen LogP contribution in [0.4, 0.5) is 18.9 Å². The van der Waals surface area contributed by atoms with Crippen LogP contribution >= 0.6 is 0 Å².